The summed E-state index contributed by atoms with van der Waals surface area (Å²) in [7, 11) is 3.29. The van der Waals surface area contributed by atoms with E-state index < -0.39 is 5.54 Å². The molecule has 1 saturated carbocycles. The molecular weight excluding hydrogens is 390 g/mol. The molecular formula is C25H30N3O3+. The molecule has 162 valence electrons. The standard InChI is InChI=1S/C25H29N3O3/c1-25(16-26,19-9-10-19)27-23(29)15-28-12-11-18-13-21(30-2)22(31-3)14-20(18)24(28)17-7-5-4-6-8-17/h4-8,13-14,19,24H,9-12,15H2,1-3H3,(H,27,29)/p+1/t24-,25-/m0/s1. The van der Waals surface area contributed by atoms with Gasteiger partial charge >= 0.3 is 0 Å². The Hall–Kier alpha value is -3.04. The molecule has 2 N–H and O–H groups in total. The van der Waals surface area contributed by atoms with Crippen LogP contribution in [0.2, 0.25) is 0 Å². The average molecular weight is 421 g/mol. The summed E-state index contributed by atoms with van der Waals surface area (Å²) in [5, 5.41) is 12.6. The second-order valence-electron chi connectivity index (χ2n) is 8.72. The normalized spacial score (nSPS) is 21.9. The summed E-state index contributed by atoms with van der Waals surface area (Å²) in [6, 6.07) is 16.7. The topological polar surface area (TPSA) is 75.8 Å². The SMILES string of the molecule is COc1cc2c(cc1OC)[C@H](c1ccccc1)[NH+](CC(=O)N[C@@](C)(C#N)C1CC1)CC2. The number of amides is 1. The van der Waals surface area contributed by atoms with Crippen molar-refractivity contribution >= 4 is 5.91 Å². The molecule has 2 aromatic rings. The van der Waals surface area contributed by atoms with Gasteiger partial charge in [0, 0.05) is 17.5 Å². The monoisotopic (exact) mass is 420 g/mol. The Morgan fingerprint density at radius 3 is 2.48 bits per heavy atom. The predicted octanol–water partition coefficient (Wildman–Crippen LogP) is 2.04. The molecule has 1 unspecified atom stereocenters. The third-order valence-electron chi connectivity index (χ3n) is 6.63. The van der Waals surface area contributed by atoms with Gasteiger partial charge in [-0.2, -0.15) is 5.26 Å². The molecule has 6 heteroatoms. The zero-order valence-corrected chi connectivity index (χ0v) is 18.4. The highest BCUT2D eigenvalue weighted by Gasteiger charge is 2.44. The first-order valence-electron chi connectivity index (χ1n) is 10.9. The van der Waals surface area contributed by atoms with E-state index in [9.17, 15) is 10.1 Å². The van der Waals surface area contributed by atoms with E-state index >= 15 is 0 Å². The highest BCUT2D eigenvalue weighted by atomic mass is 16.5. The smallest absolute Gasteiger partial charge is 0.276 e. The van der Waals surface area contributed by atoms with Gasteiger partial charge in [0.1, 0.15) is 11.6 Å². The molecule has 1 amide bonds. The highest BCUT2D eigenvalue weighted by molar-refractivity contribution is 5.78. The lowest BCUT2D eigenvalue weighted by Gasteiger charge is -2.35. The minimum Gasteiger partial charge on any atom is -0.493 e. The molecule has 0 radical (unpaired) electrons. The van der Waals surface area contributed by atoms with Gasteiger partial charge in [-0.3, -0.25) is 4.79 Å². The summed E-state index contributed by atoms with van der Waals surface area (Å²) in [5.41, 5.74) is 2.76. The van der Waals surface area contributed by atoms with Crippen molar-refractivity contribution in [1.29, 1.82) is 5.26 Å². The van der Waals surface area contributed by atoms with Gasteiger partial charge in [-0.25, -0.2) is 0 Å². The molecule has 4 rings (SSSR count). The molecule has 3 atom stereocenters. The summed E-state index contributed by atoms with van der Waals surface area (Å²) >= 11 is 0. The Morgan fingerprint density at radius 2 is 1.87 bits per heavy atom. The van der Waals surface area contributed by atoms with E-state index in [4.69, 9.17) is 9.47 Å². The first-order chi connectivity index (χ1) is 15.0. The molecule has 0 aromatic heterocycles. The van der Waals surface area contributed by atoms with E-state index in [1.807, 2.05) is 31.2 Å². The summed E-state index contributed by atoms with van der Waals surface area (Å²) in [5.74, 6) is 1.61. The Kier molecular flexibility index (Phi) is 5.88. The number of hydrogen-bond acceptors (Lipinski definition) is 4. The van der Waals surface area contributed by atoms with E-state index in [1.165, 1.54) is 10.5 Å². The lowest BCUT2D eigenvalue weighted by Crippen LogP contribution is -3.14. The second-order valence-corrected chi connectivity index (χ2v) is 8.72. The molecule has 1 fully saturated rings. The van der Waals surface area contributed by atoms with Crippen molar-refractivity contribution in [2.75, 3.05) is 27.3 Å². The number of methoxy groups -OCH3 is 2. The number of quaternary nitrogens is 1. The second kappa shape index (κ2) is 8.60. The van der Waals surface area contributed by atoms with Crippen LogP contribution in [0.25, 0.3) is 0 Å². The van der Waals surface area contributed by atoms with E-state index in [0.717, 1.165) is 42.7 Å². The molecule has 1 heterocycles. The van der Waals surface area contributed by atoms with Crippen LogP contribution in [0.4, 0.5) is 0 Å². The van der Waals surface area contributed by atoms with Crippen LogP contribution in [0, 0.1) is 17.2 Å². The fourth-order valence-electron chi connectivity index (χ4n) is 4.75. The molecule has 2 aliphatic rings. The van der Waals surface area contributed by atoms with Crippen LogP contribution in [-0.2, 0) is 11.2 Å². The van der Waals surface area contributed by atoms with Crippen molar-refractivity contribution in [3.63, 3.8) is 0 Å². The van der Waals surface area contributed by atoms with Crippen LogP contribution in [0.5, 0.6) is 11.5 Å². The number of hydrogen-bond donors (Lipinski definition) is 2. The van der Waals surface area contributed by atoms with Gasteiger partial charge in [0.2, 0.25) is 0 Å². The Balaban J connectivity index is 1.65. The molecule has 31 heavy (non-hydrogen) atoms. The minimum absolute atomic E-state index is 0.00442. The minimum atomic E-state index is -0.775. The summed E-state index contributed by atoms with van der Waals surface area (Å²) in [6.07, 6.45) is 2.85. The summed E-state index contributed by atoms with van der Waals surface area (Å²) in [6.45, 7) is 2.98. The number of ether oxygens (including phenoxy) is 2. The van der Waals surface area contributed by atoms with Crippen LogP contribution in [-0.4, -0.2) is 38.8 Å². The van der Waals surface area contributed by atoms with Crippen LogP contribution in [0.15, 0.2) is 42.5 Å². The zero-order chi connectivity index (χ0) is 22.0. The lowest BCUT2D eigenvalue weighted by atomic mass is 9.87. The Morgan fingerprint density at radius 1 is 1.19 bits per heavy atom. The quantitative estimate of drug-likeness (QED) is 0.719. The van der Waals surface area contributed by atoms with Gasteiger partial charge in [-0.05, 0) is 43.4 Å². The molecule has 0 spiro atoms. The van der Waals surface area contributed by atoms with Crippen molar-refractivity contribution < 1.29 is 19.2 Å². The van der Waals surface area contributed by atoms with Gasteiger partial charge in [0.15, 0.2) is 18.0 Å². The molecule has 2 aromatic carbocycles. The Bertz CT molecular complexity index is 997. The van der Waals surface area contributed by atoms with Gasteiger partial charge in [-0.15, -0.1) is 0 Å². The van der Waals surface area contributed by atoms with Crippen LogP contribution in [0.1, 0.15) is 42.5 Å². The van der Waals surface area contributed by atoms with Crippen molar-refractivity contribution in [3.05, 3.63) is 59.2 Å². The number of nitriles is 1. The van der Waals surface area contributed by atoms with E-state index in [1.54, 1.807) is 14.2 Å². The first kappa shape index (κ1) is 21.2. The van der Waals surface area contributed by atoms with Gasteiger partial charge in [0.25, 0.3) is 5.91 Å². The van der Waals surface area contributed by atoms with Crippen LogP contribution < -0.4 is 19.7 Å². The maximum Gasteiger partial charge on any atom is 0.276 e. The largest absolute Gasteiger partial charge is 0.493 e. The van der Waals surface area contributed by atoms with Crippen LogP contribution in [0.3, 0.4) is 0 Å². The number of benzene rings is 2. The predicted molar refractivity (Wildman–Crippen MR) is 117 cm³/mol. The number of carbonyl (C=O) groups excluding carboxylic acids is 1. The van der Waals surface area contributed by atoms with E-state index in [0.29, 0.717) is 12.3 Å². The summed E-state index contributed by atoms with van der Waals surface area (Å²) in [4.78, 5) is 14.2. The highest BCUT2D eigenvalue weighted by Crippen LogP contribution is 2.39. The van der Waals surface area contributed by atoms with Gasteiger partial charge < -0.3 is 19.7 Å². The Labute approximate surface area is 183 Å². The van der Waals surface area contributed by atoms with Crippen molar-refractivity contribution in [2.24, 2.45) is 5.92 Å². The van der Waals surface area contributed by atoms with Crippen molar-refractivity contribution in [1.82, 2.24) is 5.32 Å². The third kappa shape index (κ3) is 4.24. The van der Waals surface area contributed by atoms with Crippen molar-refractivity contribution in [2.45, 2.75) is 37.8 Å². The lowest BCUT2D eigenvalue weighted by molar-refractivity contribution is -0.920. The number of nitrogens with one attached hydrogen (secondary N) is 2. The first-order valence-corrected chi connectivity index (χ1v) is 10.9. The van der Waals surface area contributed by atoms with E-state index in [2.05, 4.69) is 29.6 Å². The number of fused-ring (bicyclic) bond motifs is 1. The number of carbonyl (C=O) groups is 1. The number of rotatable bonds is 7. The van der Waals surface area contributed by atoms with Gasteiger partial charge in [0.05, 0.1) is 26.8 Å². The molecule has 1 aliphatic heterocycles. The third-order valence-corrected chi connectivity index (χ3v) is 6.63. The fraction of sp³-hybridized carbons (Fsp3) is 0.440. The maximum atomic E-state index is 13.0. The number of nitrogens with zero attached hydrogens (tertiary/aromatic N) is 1. The van der Waals surface area contributed by atoms with E-state index in [-0.39, 0.29) is 17.9 Å². The van der Waals surface area contributed by atoms with Gasteiger partial charge in [-0.1, -0.05) is 30.3 Å². The molecule has 1 aliphatic carbocycles. The molecule has 0 saturated heterocycles. The fourth-order valence-corrected chi connectivity index (χ4v) is 4.75. The molecule has 0 bridgehead atoms. The van der Waals surface area contributed by atoms with Crippen molar-refractivity contribution in [3.8, 4) is 17.6 Å². The average Bonchev–Trinajstić information content (AvgIpc) is 3.64. The maximum absolute atomic E-state index is 13.0. The molecule has 6 nitrogen and oxygen atoms in total. The van der Waals surface area contributed by atoms with Crippen LogP contribution >= 0.6 is 0 Å². The zero-order valence-electron chi connectivity index (χ0n) is 18.4. The summed E-state index contributed by atoms with van der Waals surface area (Å²) < 4.78 is 11.1.